The van der Waals surface area contributed by atoms with Crippen molar-refractivity contribution in [2.45, 2.75) is 45.2 Å². The van der Waals surface area contributed by atoms with Crippen molar-refractivity contribution >= 4 is 5.97 Å². The first-order chi connectivity index (χ1) is 8.53. The third kappa shape index (κ3) is 5.80. The van der Waals surface area contributed by atoms with Crippen LogP contribution in [0.2, 0.25) is 0 Å². The Kier molecular flexibility index (Phi) is 5.83. The van der Waals surface area contributed by atoms with Gasteiger partial charge in [0.05, 0.1) is 6.61 Å². The highest BCUT2D eigenvalue weighted by Gasteiger charge is 2.24. The predicted octanol–water partition coefficient (Wildman–Crippen LogP) is 3.69. The number of halogens is 1. The van der Waals surface area contributed by atoms with Crippen molar-refractivity contribution in [3.05, 3.63) is 35.9 Å². The molecule has 3 heteroatoms. The zero-order chi connectivity index (χ0) is 13.4. The Bertz CT molecular complexity index is 360. The second-order valence-corrected chi connectivity index (χ2v) is 4.70. The minimum absolute atomic E-state index is 0.148. The minimum Gasteiger partial charge on any atom is -0.466 e. The molecule has 0 saturated carbocycles. The van der Waals surface area contributed by atoms with E-state index in [9.17, 15) is 9.18 Å². The number of esters is 1. The highest BCUT2D eigenvalue weighted by Crippen LogP contribution is 2.24. The van der Waals surface area contributed by atoms with Gasteiger partial charge in [-0.1, -0.05) is 30.3 Å². The Hall–Kier alpha value is -1.38. The number of carbonyl (C=O) groups excluding carboxylic acids is 1. The van der Waals surface area contributed by atoms with Crippen LogP contribution in [0.4, 0.5) is 4.39 Å². The van der Waals surface area contributed by atoms with Crippen molar-refractivity contribution < 1.29 is 13.9 Å². The van der Waals surface area contributed by atoms with Crippen LogP contribution in [0, 0.1) is 0 Å². The lowest BCUT2D eigenvalue weighted by molar-refractivity contribution is -0.143. The Balaban J connectivity index is 2.33. The quantitative estimate of drug-likeness (QED) is 0.692. The van der Waals surface area contributed by atoms with E-state index in [1.807, 2.05) is 30.3 Å². The number of hydrogen-bond donors (Lipinski definition) is 0. The van der Waals surface area contributed by atoms with Gasteiger partial charge in [-0.25, -0.2) is 4.39 Å². The van der Waals surface area contributed by atoms with Crippen molar-refractivity contribution in [2.75, 3.05) is 6.61 Å². The normalized spacial score (nSPS) is 13.9. The molecule has 0 saturated heterocycles. The van der Waals surface area contributed by atoms with Gasteiger partial charge in [-0.2, -0.15) is 0 Å². The molecular weight excluding hydrogens is 231 g/mol. The van der Waals surface area contributed by atoms with Gasteiger partial charge in [-0.05, 0) is 38.7 Å². The van der Waals surface area contributed by atoms with E-state index < -0.39 is 5.67 Å². The Morgan fingerprint density at radius 1 is 1.28 bits per heavy atom. The lowest BCUT2D eigenvalue weighted by Gasteiger charge is -2.19. The monoisotopic (exact) mass is 252 g/mol. The maximum atomic E-state index is 14.2. The molecule has 0 aromatic heterocycles. The summed E-state index contributed by atoms with van der Waals surface area (Å²) in [6.07, 6.45) is 1.49. The van der Waals surface area contributed by atoms with Crippen molar-refractivity contribution in [1.82, 2.24) is 0 Å². The highest BCUT2D eigenvalue weighted by atomic mass is 19.1. The molecule has 0 bridgehead atoms. The van der Waals surface area contributed by atoms with Crippen molar-refractivity contribution in [2.24, 2.45) is 0 Å². The molecule has 0 radical (unpaired) electrons. The van der Waals surface area contributed by atoms with E-state index >= 15 is 0 Å². The molecule has 1 aromatic rings. The number of carbonyl (C=O) groups is 1. The van der Waals surface area contributed by atoms with Gasteiger partial charge in [0.2, 0.25) is 0 Å². The average Bonchev–Trinajstić information content (AvgIpc) is 2.36. The molecule has 0 aliphatic rings. The van der Waals surface area contributed by atoms with Crippen LogP contribution in [0.1, 0.15) is 38.7 Å². The van der Waals surface area contributed by atoms with Crippen LogP contribution >= 0.6 is 0 Å². The van der Waals surface area contributed by atoms with Gasteiger partial charge in [0.15, 0.2) is 0 Å². The molecule has 18 heavy (non-hydrogen) atoms. The summed E-state index contributed by atoms with van der Waals surface area (Å²) >= 11 is 0. The Labute approximate surface area is 108 Å². The number of ether oxygens (including phenoxy) is 1. The molecule has 0 heterocycles. The number of benzene rings is 1. The third-order valence-electron chi connectivity index (χ3n) is 2.93. The van der Waals surface area contributed by atoms with Crippen LogP contribution in [0.15, 0.2) is 30.3 Å². The van der Waals surface area contributed by atoms with Gasteiger partial charge in [0, 0.05) is 6.42 Å². The zero-order valence-corrected chi connectivity index (χ0v) is 11.1. The molecule has 0 fully saturated rings. The van der Waals surface area contributed by atoms with Crippen LogP contribution in [0.25, 0.3) is 0 Å². The molecule has 0 amide bonds. The number of alkyl halides is 1. The summed E-state index contributed by atoms with van der Waals surface area (Å²) in [5.41, 5.74) is -0.194. The molecule has 1 rings (SSSR count). The van der Waals surface area contributed by atoms with Crippen molar-refractivity contribution in [3.8, 4) is 0 Å². The zero-order valence-electron chi connectivity index (χ0n) is 11.1. The first-order valence-electron chi connectivity index (χ1n) is 6.42. The maximum absolute atomic E-state index is 14.2. The number of aryl methyl sites for hydroxylation is 1. The Morgan fingerprint density at radius 3 is 2.56 bits per heavy atom. The topological polar surface area (TPSA) is 26.3 Å². The van der Waals surface area contributed by atoms with Gasteiger partial charge < -0.3 is 4.74 Å². The van der Waals surface area contributed by atoms with E-state index in [0.29, 0.717) is 19.4 Å². The highest BCUT2D eigenvalue weighted by molar-refractivity contribution is 5.69. The number of hydrogen-bond acceptors (Lipinski definition) is 2. The minimum atomic E-state index is -1.32. The van der Waals surface area contributed by atoms with Gasteiger partial charge in [0.1, 0.15) is 5.67 Å². The largest absolute Gasteiger partial charge is 0.466 e. The van der Waals surface area contributed by atoms with Gasteiger partial charge in [-0.15, -0.1) is 0 Å². The van der Waals surface area contributed by atoms with Crippen molar-refractivity contribution in [1.29, 1.82) is 0 Å². The smallest absolute Gasteiger partial charge is 0.305 e. The fraction of sp³-hybridized carbons (Fsp3) is 0.533. The van der Waals surface area contributed by atoms with E-state index in [1.54, 1.807) is 13.8 Å². The summed E-state index contributed by atoms with van der Waals surface area (Å²) in [4.78, 5) is 11.2. The van der Waals surface area contributed by atoms with E-state index in [-0.39, 0.29) is 18.8 Å². The molecule has 0 spiro atoms. The lowest BCUT2D eigenvalue weighted by atomic mass is 9.94. The average molecular weight is 252 g/mol. The second kappa shape index (κ2) is 7.14. The van der Waals surface area contributed by atoms with Crippen molar-refractivity contribution in [3.63, 3.8) is 0 Å². The molecule has 1 unspecified atom stereocenters. The first-order valence-corrected chi connectivity index (χ1v) is 6.42. The SMILES string of the molecule is CCOC(=O)CCC(C)(F)CCc1ccccc1. The molecule has 0 N–H and O–H groups in total. The van der Waals surface area contributed by atoms with Gasteiger partial charge in [-0.3, -0.25) is 4.79 Å². The Morgan fingerprint density at radius 2 is 1.94 bits per heavy atom. The van der Waals surface area contributed by atoms with Gasteiger partial charge in [0.25, 0.3) is 0 Å². The molecule has 1 aromatic carbocycles. The molecule has 100 valence electrons. The summed E-state index contributed by atoms with van der Waals surface area (Å²) in [6.45, 7) is 3.66. The molecule has 2 nitrogen and oxygen atoms in total. The van der Waals surface area contributed by atoms with Gasteiger partial charge >= 0.3 is 5.97 Å². The van der Waals surface area contributed by atoms with Crippen LogP contribution < -0.4 is 0 Å². The summed E-state index contributed by atoms with van der Waals surface area (Å²) in [5, 5.41) is 0. The molecule has 0 aliphatic heterocycles. The van der Waals surface area contributed by atoms with Crippen LogP contribution in [0.5, 0.6) is 0 Å². The summed E-state index contributed by atoms with van der Waals surface area (Å²) in [6, 6.07) is 9.81. The van der Waals surface area contributed by atoms with Crippen LogP contribution in [0.3, 0.4) is 0 Å². The standard InChI is InChI=1S/C15H21FO2/c1-3-18-14(17)10-12-15(2,16)11-9-13-7-5-4-6-8-13/h4-8H,3,9-12H2,1-2H3. The molecule has 0 aliphatic carbocycles. The fourth-order valence-electron chi connectivity index (χ4n) is 1.77. The second-order valence-electron chi connectivity index (χ2n) is 4.70. The lowest BCUT2D eigenvalue weighted by Crippen LogP contribution is -2.21. The third-order valence-corrected chi connectivity index (χ3v) is 2.93. The first kappa shape index (κ1) is 14.7. The summed E-state index contributed by atoms with van der Waals surface area (Å²) in [5.74, 6) is -0.318. The summed E-state index contributed by atoms with van der Waals surface area (Å²) in [7, 11) is 0. The fourth-order valence-corrected chi connectivity index (χ4v) is 1.77. The molecular formula is C15H21FO2. The van der Waals surface area contributed by atoms with E-state index in [4.69, 9.17) is 4.74 Å². The summed E-state index contributed by atoms with van der Waals surface area (Å²) < 4.78 is 19.0. The number of rotatable bonds is 7. The van der Waals surface area contributed by atoms with Crippen LogP contribution in [-0.4, -0.2) is 18.2 Å². The van der Waals surface area contributed by atoms with E-state index in [0.717, 1.165) is 5.56 Å². The predicted molar refractivity (Wildman–Crippen MR) is 70.1 cm³/mol. The van der Waals surface area contributed by atoms with Crippen LogP contribution in [-0.2, 0) is 16.0 Å². The molecule has 1 atom stereocenters. The van der Waals surface area contributed by atoms with E-state index in [2.05, 4.69) is 0 Å². The maximum Gasteiger partial charge on any atom is 0.305 e. The van der Waals surface area contributed by atoms with E-state index in [1.165, 1.54) is 0 Å².